The van der Waals surface area contributed by atoms with Gasteiger partial charge in [-0.1, -0.05) is 19.1 Å². The topological polar surface area (TPSA) is 72.9 Å². The molecule has 1 heterocycles. The second-order valence-corrected chi connectivity index (χ2v) is 3.70. The van der Waals surface area contributed by atoms with Crippen molar-refractivity contribution >= 4 is 23.1 Å². The molecule has 15 heavy (non-hydrogen) atoms. The molecule has 1 amide bonds. The second kappa shape index (κ2) is 4.88. The van der Waals surface area contributed by atoms with Crippen LogP contribution in [0, 0.1) is 0 Å². The van der Waals surface area contributed by atoms with Gasteiger partial charge in [0, 0.05) is 7.05 Å². The third-order valence-corrected chi connectivity index (χ3v) is 2.39. The molecule has 1 atom stereocenters. The summed E-state index contributed by atoms with van der Waals surface area (Å²) in [6.45, 7) is 1.91. The molecule has 0 aliphatic heterocycles. The maximum Gasteiger partial charge on any atom is 0.270 e. The van der Waals surface area contributed by atoms with E-state index in [1.807, 2.05) is 6.92 Å². The number of rotatable bonds is 4. The highest BCUT2D eigenvalue weighted by Crippen LogP contribution is 1.99. The van der Waals surface area contributed by atoms with Crippen molar-refractivity contribution in [3.05, 3.63) is 18.2 Å². The van der Waals surface area contributed by atoms with Gasteiger partial charge in [0.15, 0.2) is 0 Å². The van der Waals surface area contributed by atoms with Crippen LogP contribution in [0.4, 0.5) is 0 Å². The van der Waals surface area contributed by atoms with Crippen molar-refractivity contribution in [1.82, 2.24) is 14.9 Å². The quantitative estimate of drug-likeness (QED) is 0.720. The van der Waals surface area contributed by atoms with Crippen LogP contribution >= 0.6 is 12.2 Å². The molecule has 5 nitrogen and oxygen atoms in total. The van der Waals surface area contributed by atoms with Crippen LogP contribution in [0.1, 0.15) is 23.8 Å². The van der Waals surface area contributed by atoms with E-state index in [0.717, 1.165) is 0 Å². The molecule has 0 saturated carbocycles. The molecule has 6 heteroatoms. The number of imidazole rings is 1. The van der Waals surface area contributed by atoms with E-state index in [0.29, 0.717) is 17.1 Å². The number of aryl methyl sites for hydroxylation is 1. The lowest BCUT2D eigenvalue weighted by Gasteiger charge is -2.15. The van der Waals surface area contributed by atoms with E-state index in [1.54, 1.807) is 17.9 Å². The molecule has 0 aliphatic rings. The van der Waals surface area contributed by atoms with Gasteiger partial charge in [-0.2, -0.15) is 0 Å². The minimum Gasteiger partial charge on any atom is -0.392 e. The summed E-state index contributed by atoms with van der Waals surface area (Å²) >= 11 is 4.84. The summed E-state index contributed by atoms with van der Waals surface area (Å²) in [6.07, 6.45) is 3.75. The van der Waals surface area contributed by atoms with Gasteiger partial charge in [0.25, 0.3) is 5.91 Å². The number of nitrogens with zero attached hydrogens (tertiary/aromatic N) is 2. The summed E-state index contributed by atoms with van der Waals surface area (Å²) in [5.74, 6) is -0.213. The fourth-order valence-corrected chi connectivity index (χ4v) is 1.41. The third-order valence-electron chi connectivity index (χ3n) is 2.11. The first-order valence-electron chi connectivity index (χ1n) is 4.62. The molecule has 82 valence electrons. The maximum absolute atomic E-state index is 11.7. The fourth-order valence-electron chi connectivity index (χ4n) is 1.18. The summed E-state index contributed by atoms with van der Waals surface area (Å²) in [5, 5.41) is 2.74. The normalized spacial score (nSPS) is 12.1. The number of hydrogen-bond donors (Lipinski definition) is 2. The van der Waals surface area contributed by atoms with E-state index in [-0.39, 0.29) is 11.9 Å². The zero-order valence-corrected chi connectivity index (χ0v) is 9.54. The van der Waals surface area contributed by atoms with Crippen molar-refractivity contribution in [2.75, 3.05) is 0 Å². The van der Waals surface area contributed by atoms with Gasteiger partial charge in [0.2, 0.25) is 0 Å². The number of hydrogen-bond acceptors (Lipinski definition) is 3. The lowest BCUT2D eigenvalue weighted by molar-refractivity contribution is 0.0938. The van der Waals surface area contributed by atoms with Gasteiger partial charge < -0.3 is 15.6 Å². The summed E-state index contributed by atoms with van der Waals surface area (Å²) in [5.41, 5.74) is 5.97. The van der Waals surface area contributed by atoms with Gasteiger partial charge in [-0.15, -0.1) is 0 Å². The summed E-state index contributed by atoms with van der Waals surface area (Å²) < 4.78 is 1.64. The molecular weight excluding hydrogens is 212 g/mol. The van der Waals surface area contributed by atoms with E-state index >= 15 is 0 Å². The number of aromatic nitrogens is 2. The SMILES string of the molecule is CCC(NC(=O)c1cncn1C)C(N)=S. The first-order valence-corrected chi connectivity index (χ1v) is 5.03. The Morgan fingerprint density at radius 1 is 1.80 bits per heavy atom. The zero-order valence-electron chi connectivity index (χ0n) is 8.73. The molecule has 1 unspecified atom stereocenters. The number of nitrogens with two attached hydrogens (primary N) is 1. The largest absolute Gasteiger partial charge is 0.392 e. The average molecular weight is 226 g/mol. The monoisotopic (exact) mass is 226 g/mol. The third kappa shape index (κ3) is 2.76. The van der Waals surface area contributed by atoms with Crippen LogP contribution in [0.2, 0.25) is 0 Å². The lowest BCUT2D eigenvalue weighted by atomic mass is 10.2. The molecule has 3 N–H and O–H groups in total. The minimum atomic E-state index is -0.262. The molecule has 1 aromatic rings. The molecule has 1 aromatic heterocycles. The first kappa shape index (κ1) is 11.6. The van der Waals surface area contributed by atoms with Crippen LogP contribution in [-0.2, 0) is 7.05 Å². The lowest BCUT2D eigenvalue weighted by Crippen LogP contribution is -2.43. The Labute approximate surface area is 93.7 Å². The standard InChI is InChI=1S/C9H14N4OS/c1-3-6(8(10)15)12-9(14)7-4-11-5-13(7)2/h4-6H,3H2,1-2H3,(H2,10,15)(H,12,14). The molecule has 1 rings (SSSR count). The fraction of sp³-hybridized carbons (Fsp3) is 0.444. The highest BCUT2D eigenvalue weighted by atomic mass is 32.1. The Bertz CT molecular complexity index is 374. The number of thiocarbonyl (C=S) groups is 1. The Kier molecular flexibility index (Phi) is 3.79. The Balaban J connectivity index is 2.71. The number of nitrogens with one attached hydrogen (secondary N) is 1. The van der Waals surface area contributed by atoms with Crippen molar-refractivity contribution in [3.63, 3.8) is 0 Å². The van der Waals surface area contributed by atoms with Crippen molar-refractivity contribution in [3.8, 4) is 0 Å². The Hall–Kier alpha value is -1.43. The van der Waals surface area contributed by atoms with Crippen LogP contribution in [-0.4, -0.2) is 26.5 Å². The van der Waals surface area contributed by atoms with Gasteiger partial charge >= 0.3 is 0 Å². The smallest absolute Gasteiger partial charge is 0.270 e. The molecule has 0 spiro atoms. The van der Waals surface area contributed by atoms with Gasteiger partial charge in [0.1, 0.15) is 5.69 Å². The molecule has 0 bridgehead atoms. The van der Waals surface area contributed by atoms with E-state index in [2.05, 4.69) is 10.3 Å². The number of carbonyl (C=O) groups excluding carboxylic acids is 1. The maximum atomic E-state index is 11.7. The van der Waals surface area contributed by atoms with Gasteiger partial charge in [-0.05, 0) is 6.42 Å². The number of amides is 1. The van der Waals surface area contributed by atoms with Gasteiger partial charge in [0.05, 0.1) is 23.6 Å². The Morgan fingerprint density at radius 2 is 2.47 bits per heavy atom. The molecule has 0 aromatic carbocycles. The summed E-state index contributed by atoms with van der Waals surface area (Å²) in [4.78, 5) is 15.9. The van der Waals surface area contributed by atoms with Crippen molar-refractivity contribution in [2.24, 2.45) is 12.8 Å². The van der Waals surface area contributed by atoms with E-state index in [1.165, 1.54) is 6.20 Å². The molecule has 0 saturated heterocycles. The van der Waals surface area contributed by atoms with Crippen molar-refractivity contribution in [1.29, 1.82) is 0 Å². The summed E-state index contributed by atoms with van der Waals surface area (Å²) in [7, 11) is 1.75. The van der Waals surface area contributed by atoms with Crippen molar-refractivity contribution < 1.29 is 4.79 Å². The first-order chi connectivity index (χ1) is 7.06. The zero-order chi connectivity index (χ0) is 11.4. The van der Waals surface area contributed by atoms with Crippen molar-refractivity contribution in [2.45, 2.75) is 19.4 Å². The van der Waals surface area contributed by atoms with Crippen LogP contribution in [0.25, 0.3) is 0 Å². The molecule has 0 radical (unpaired) electrons. The molecular formula is C9H14N4OS. The van der Waals surface area contributed by atoms with Gasteiger partial charge in [-0.25, -0.2) is 4.98 Å². The van der Waals surface area contributed by atoms with Crippen LogP contribution < -0.4 is 11.1 Å². The predicted octanol–water partition coefficient (Wildman–Crippen LogP) is 0.215. The average Bonchev–Trinajstić information content (AvgIpc) is 2.60. The van der Waals surface area contributed by atoms with Gasteiger partial charge in [-0.3, -0.25) is 4.79 Å². The molecule has 0 fully saturated rings. The highest BCUT2D eigenvalue weighted by molar-refractivity contribution is 7.80. The summed E-state index contributed by atoms with van der Waals surface area (Å²) in [6, 6.07) is -0.262. The second-order valence-electron chi connectivity index (χ2n) is 3.23. The van der Waals surface area contributed by atoms with E-state index in [9.17, 15) is 4.79 Å². The minimum absolute atomic E-state index is 0.213. The van der Waals surface area contributed by atoms with Crippen LogP contribution in [0.15, 0.2) is 12.5 Å². The van der Waals surface area contributed by atoms with Crippen LogP contribution in [0.5, 0.6) is 0 Å². The highest BCUT2D eigenvalue weighted by Gasteiger charge is 2.16. The number of carbonyl (C=O) groups is 1. The van der Waals surface area contributed by atoms with E-state index < -0.39 is 0 Å². The van der Waals surface area contributed by atoms with Crippen LogP contribution in [0.3, 0.4) is 0 Å². The van der Waals surface area contributed by atoms with E-state index in [4.69, 9.17) is 18.0 Å². The Morgan fingerprint density at radius 3 is 2.87 bits per heavy atom. The molecule has 0 aliphatic carbocycles. The predicted molar refractivity (Wildman–Crippen MR) is 61.5 cm³/mol.